The van der Waals surface area contributed by atoms with Crippen LogP contribution in [0.25, 0.3) is 0 Å². The van der Waals surface area contributed by atoms with Gasteiger partial charge >= 0.3 is 0 Å². The van der Waals surface area contributed by atoms with E-state index >= 15 is 0 Å². The zero-order chi connectivity index (χ0) is 7.54. The van der Waals surface area contributed by atoms with E-state index in [2.05, 4.69) is 13.2 Å². The van der Waals surface area contributed by atoms with Gasteiger partial charge in [0.05, 0.1) is 13.2 Å². The molecule has 0 bridgehead atoms. The lowest BCUT2D eigenvalue weighted by molar-refractivity contribution is 0.186. The normalized spacial score (nSPS) is 6.89. The molecule has 0 aliphatic rings. The number of hydrogen-bond acceptors (Lipinski definition) is 2. The van der Waals surface area contributed by atoms with Gasteiger partial charge in [-0.25, -0.2) is 0 Å². The minimum absolute atomic E-state index is 0.125. The first-order chi connectivity index (χ1) is 4.33. The van der Waals surface area contributed by atoms with E-state index < -0.39 is 0 Å². The summed E-state index contributed by atoms with van der Waals surface area (Å²) in [6.07, 6.45) is 4.54. The largest absolute Gasteiger partial charge is 0.394 e. The molecule has 0 amide bonds. The van der Waals surface area contributed by atoms with Crippen molar-refractivity contribution in [1.82, 2.24) is 0 Å². The SMILES string of the molecule is C=CCC=C.OCCO. The first-order valence-electron chi connectivity index (χ1n) is 2.77. The summed E-state index contributed by atoms with van der Waals surface area (Å²) in [4.78, 5) is 0. The van der Waals surface area contributed by atoms with Crippen LogP contribution in [0, 0.1) is 0 Å². The van der Waals surface area contributed by atoms with E-state index in [4.69, 9.17) is 10.2 Å². The van der Waals surface area contributed by atoms with E-state index in [0.717, 1.165) is 6.42 Å². The number of hydrogen-bond donors (Lipinski definition) is 2. The summed E-state index contributed by atoms with van der Waals surface area (Å²) >= 11 is 0. The minimum Gasteiger partial charge on any atom is -0.394 e. The van der Waals surface area contributed by atoms with Gasteiger partial charge in [-0.2, -0.15) is 0 Å². The molecule has 0 atom stereocenters. The topological polar surface area (TPSA) is 40.5 Å². The summed E-state index contributed by atoms with van der Waals surface area (Å²) in [6.45, 7) is 6.71. The highest BCUT2D eigenvalue weighted by atomic mass is 16.3. The maximum Gasteiger partial charge on any atom is 0.0662 e. The van der Waals surface area contributed by atoms with Crippen LogP contribution in [0.1, 0.15) is 6.42 Å². The summed E-state index contributed by atoms with van der Waals surface area (Å²) < 4.78 is 0. The van der Waals surface area contributed by atoms with E-state index in [1.165, 1.54) is 0 Å². The van der Waals surface area contributed by atoms with Crippen LogP contribution in [0.5, 0.6) is 0 Å². The fourth-order valence-corrected chi connectivity index (χ4v) is 0.118. The average molecular weight is 130 g/mol. The molecular formula is C7H14O2. The molecule has 9 heavy (non-hydrogen) atoms. The average Bonchev–Trinajstić information content (AvgIpc) is 1.91. The molecule has 0 aliphatic heterocycles. The summed E-state index contributed by atoms with van der Waals surface area (Å²) in [7, 11) is 0. The van der Waals surface area contributed by atoms with Gasteiger partial charge in [-0.3, -0.25) is 0 Å². The highest BCUT2D eigenvalue weighted by Gasteiger charge is 1.58. The van der Waals surface area contributed by atoms with Gasteiger partial charge in [0.2, 0.25) is 0 Å². The van der Waals surface area contributed by atoms with Gasteiger partial charge in [0.25, 0.3) is 0 Å². The predicted octanol–water partition coefficient (Wildman–Crippen LogP) is 0.719. The summed E-state index contributed by atoms with van der Waals surface area (Å²) in [5, 5.41) is 15.2. The van der Waals surface area contributed by atoms with Crippen LogP contribution < -0.4 is 0 Å². The van der Waals surface area contributed by atoms with Crippen LogP contribution in [-0.4, -0.2) is 23.4 Å². The first-order valence-corrected chi connectivity index (χ1v) is 2.77. The van der Waals surface area contributed by atoms with Gasteiger partial charge in [0.1, 0.15) is 0 Å². The third kappa shape index (κ3) is 37.5. The van der Waals surface area contributed by atoms with E-state index in [9.17, 15) is 0 Å². The van der Waals surface area contributed by atoms with Gasteiger partial charge < -0.3 is 10.2 Å². The molecule has 0 aromatic heterocycles. The minimum atomic E-state index is -0.125. The van der Waals surface area contributed by atoms with Gasteiger partial charge in [0.15, 0.2) is 0 Å². The predicted molar refractivity (Wildman–Crippen MR) is 39.2 cm³/mol. The lowest BCUT2D eigenvalue weighted by Gasteiger charge is -1.70. The zero-order valence-electron chi connectivity index (χ0n) is 5.58. The highest BCUT2D eigenvalue weighted by molar-refractivity contribution is 4.79. The summed E-state index contributed by atoms with van der Waals surface area (Å²) in [5.41, 5.74) is 0. The first kappa shape index (κ1) is 11.2. The summed E-state index contributed by atoms with van der Waals surface area (Å²) in [5.74, 6) is 0. The van der Waals surface area contributed by atoms with Crippen molar-refractivity contribution in [1.29, 1.82) is 0 Å². The highest BCUT2D eigenvalue weighted by Crippen LogP contribution is 1.73. The molecule has 0 spiro atoms. The molecule has 0 saturated carbocycles. The van der Waals surface area contributed by atoms with E-state index in [1.807, 2.05) is 12.2 Å². The van der Waals surface area contributed by atoms with Crippen molar-refractivity contribution in [3.8, 4) is 0 Å². The molecule has 0 fully saturated rings. The summed E-state index contributed by atoms with van der Waals surface area (Å²) in [6, 6.07) is 0. The molecule has 0 aliphatic carbocycles. The van der Waals surface area contributed by atoms with E-state index in [1.54, 1.807) is 0 Å². The van der Waals surface area contributed by atoms with Crippen LogP contribution in [-0.2, 0) is 0 Å². The van der Waals surface area contributed by atoms with Crippen molar-refractivity contribution >= 4 is 0 Å². The fraction of sp³-hybridized carbons (Fsp3) is 0.429. The second kappa shape index (κ2) is 15.7. The molecule has 0 aromatic rings. The van der Waals surface area contributed by atoms with Crippen molar-refractivity contribution in [2.24, 2.45) is 0 Å². The smallest absolute Gasteiger partial charge is 0.0662 e. The Bertz CT molecular complexity index is 51.9. The molecule has 2 N–H and O–H groups in total. The van der Waals surface area contributed by atoms with Crippen LogP contribution in [0.4, 0.5) is 0 Å². The fourth-order valence-electron chi connectivity index (χ4n) is 0.118. The van der Waals surface area contributed by atoms with Crippen molar-refractivity contribution in [2.45, 2.75) is 6.42 Å². The van der Waals surface area contributed by atoms with Crippen molar-refractivity contribution in [3.05, 3.63) is 25.3 Å². The van der Waals surface area contributed by atoms with E-state index in [0.29, 0.717) is 0 Å². The standard InChI is InChI=1S/C5H8.C2H6O2/c1-3-5-4-2;3-1-2-4/h3-4H,1-2,5H2;3-4H,1-2H2. The Hall–Kier alpha value is -0.600. The Kier molecular flexibility index (Phi) is 19.5. The van der Waals surface area contributed by atoms with Crippen LogP contribution in [0.3, 0.4) is 0 Å². The van der Waals surface area contributed by atoms with Crippen molar-refractivity contribution < 1.29 is 10.2 Å². The lowest BCUT2D eigenvalue weighted by Crippen LogP contribution is -1.85. The molecule has 2 nitrogen and oxygen atoms in total. The van der Waals surface area contributed by atoms with Gasteiger partial charge in [0, 0.05) is 0 Å². The molecule has 0 heterocycles. The molecular weight excluding hydrogens is 116 g/mol. The van der Waals surface area contributed by atoms with Crippen molar-refractivity contribution in [2.75, 3.05) is 13.2 Å². The maximum atomic E-state index is 7.62. The molecule has 0 unspecified atom stereocenters. The van der Waals surface area contributed by atoms with Gasteiger partial charge in [-0.15, -0.1) is 13.2 Å². The lowest BCUT2D eigenvalue weighted by atomic mass is 10.4. The Morgan fingerprint density at radius 3 is 1.33 bits per heavy atom. The number of aliphatic hydroxyl groups is 2. The molecule has 2 heteroatoms. The number of allylic oxidation sites excluding steroid dienone is 2. The second-order valence-electron chi connectivity index (χ2n) is 1.26. The Morgan fingerprint density at radius 1 is 1.00 bits per heavy atom. The third-order valence-corrected chi connectivity index (χ3v) is 0.433. The number of aliphatic hydroxyl groups excluding tert-OH is 2. The monoisotopic (exact) mass is 130 g/mol. The third-order valence-electron chi connectivity index (χ3n) is 0.433. The van der Waals surface area contributed by atoms with Gasteiger partial charge in [-0.1, -0.05) is 12.2 Å². The quantitative estimate of drug-likeness (QED) is 0.553. The molecule has 54 valence electrons. The van der Waals surface area contributed by atoms with Crippen LogP contribution in [0.15, 0.2) is 25.3 Å². The Labute approximate surface area is 56.1 Å². The molecule has 0 radical (unpaired) electrons. The van der Waals surface area contributed by atoms with E-state index in [-0.39, 0.29) is 13.2 Å². The zero-order valence-corrected chi connectivity index (χ0v) is 5.58. The molecule has 0 rings (SSSR count). The number of rotatable bonds is 3. The second-order valence-corrected chi connectivity index (χ2v) is 1.26. The van der Waals surface area contributed by atoms with Gasteiger partial charge in [-0.05, 0) is 6.42 Å². The Balaban J connectivity index is 0. The maximum absolute atomic E-state index is 7.62. The van der Waals surface area contributed by atoms with Crippen molar-refractivity contribution in [3.63, 3.8) is 0 Å². The molecule has 0 aromatic carbocycles. The Morgan fingerprint density at radius 2 is 1.33 bits per heavy atom. The van der Waals surface area contributed by atoms with Crippen LogP contribution >= 0.6 is 0 Å². The molecule has 0 saturated heterocycles. The van der Waals surface area contributed by atoms with Crippen LogP contribution in [0.2, 0.25) is 0 Å².